The molecule has 0 radical (unpaired) electrons. The van der Waals surface area contributed by atoms with Crippen molar-refractivity contribution in [3.63, 3.8) is 0 Å². The largest absolute Gasteiger partial charge is 0.359 e. The van der Waals surface area contributed by atoms with Crippen LogP contribution in [0.1, 0.15) is 38.5 Å². The molecule has 7 heteroatoms. The lowest BCUT2D eigenvalue weighted by Gasteiger charge is -2.33. The zero-order valence-corrected chi connectivity index (χ0v) is 17.3. The van der Waals surface area contributed by atoms with Gasteiger partial charge in [0.05, 0.1) is 17.9 Å². The van der Waals surface area contributed by atoms with Crippen molar-refractivity contribution in [3.8, 4) is 0 Å². The molecule has 1 aromatic rings. The molecule has 2 saturated heterocycles. The minimum absolute atomic E-state index is 0.132. The molecule has 4 fully saturated rings. The number of carbonyl (C=O) groups excluding carboxylic acids is 3. The summed E-state index contributed by atoms with van der Waals surface area (Å²) in [6.07, 6.45) is 9.35. The summed E-state index contributed by atoms with van der Waals surface area (Å²) >= 11 is 0. The van der Waals surface area contributed by atoms with Crippen molar-refractivity contribution in [2.24, 2.45) is 11.8 Å². The van der Waals surface area contributed by atoms with Crippen LogP contribution in [0, 0.1) is 11.8 Å². The number of benzene rings is 1. The summed E-state index contributed by atoms with van der Waals surface area (Å²) in [5.41, 5.74) is -0.448. The van der Waals surface area contributed by atoms with Crippen molar-refractivity contribution in [1.82, 2.24) is 10.6 Å². The second-order valence-corrected chi connectivity index (χ2v) is 9.52. The van der Waals surface area contributed by atoms with E-state index >= 15 is 0 Å². The summed E-state index contributed by atoms with van der Waals surface area (Å²) in [6, 6.07) is 8.76. The lowest BCUT2D eigenvalue weighted by atomic mass is 9.74. The maximum atomic E-state index is 13.8. The third kappa shape index (κ3) is 2.86. The zero-order valence-electron chi connectivity index (χ0n) is 17.3. The predicted octanol–water partition coefficient (Wildman–Crippen LogP) is 1.68. The molecule has 2 aliphatic carbocycles. The van der Waals surface area contributed by atoms with E-state index in [2.05, 4.69) is 10.6 Å². The molecule has 2 bridgehead atoms. The average molecular weight is 421 g/mol. The Balaban J connectivity index is 1.39. The third-order valence-electron chi connectivity index (χ3n) is 7.49. The minimum Gasteiger partial charge on any atom is -0.359 e. The number of carbonyl (C=O) groups is 3. The van der Waals surface area contributed by atoms with E-state index in [1.54, 1.807) is 4.90 Å². The van der Waals surface area contributed by atoms with Gasteiger partial charge < -0.3 is 15.4 Å². The van der Waals surface area contributed by atoms with Gasteiger partial charge in [0.25, 0.3) is 0 Å². The van der Waals surface area contributed by atoms with Crippen molar-refractivity contribution >= 4 is 23.4 Å². The Labute approximate surface area is 181 Å². The van der Waals surface area contributed by atoms with Crippen LogP contribution >= 0.6 is 0 Å². The van der Waals surface area contributed by atoms with Crippen LogP contribution in [0.3, 0.4) is 0 Å². The number of fused-ring (bicyclic) bond motifs is 1. The molecular formula is C24H27N3O4. The zero-order chi connectivity index (χ0) is 21.2. The van der Waals surface area contributed by atoms with Gasteiger partial charge in [-0.15, -0.1) is 0 Å². The number of hydrogen-bond acceptors (Lipinski definition) is 4. The molecule has 162 valence electrons. The molecule has 3 aliphatic heterocycles. The number of rotatable bonds is 5. The number of anilines is 1. The van der Waals surface area contributed by atoms with Crippen LogP contribution in [0.5, 0.6) is 0 Å². The number of hydrogen-bond donors (Lipinski definition) is 2. The third-order valence-corrected chi connectivity index (χ3v) is 7.49. The van der Waals surface area contributed by atoms with E-state index in [1.165, 1.54) is 0 Å². The van der Waals surface area contributed by atoms with Crippen LogP contribution in [0.2, 0.25) is 0 Å². The fraction of sp³-hybridized carbons (Fsp3) is 0.542. The fourth-order valence-electron chi connectivity index (χ4n) is 5.91. The smallest absolute Gasteiger partial charge is 0.246 e. The molecule has 5 aliphatic rings. The Bertz CT molecular complexity index is 953. The highest BCUT2D eigenvalue weighted by Gasteiger charge is 2.73. The SMILES string of the molecule is O=C(NC1CC1)C1C2C=CC3(O2)C1C(=O)N(c1ccccc1)C3C(=O)NC1CCCC1. The van der Waals surface area contributed by atoms with Crippen molar-refractivity contribution in [2.45, 2.75) is 68.4 Å². The van der Waals surface area contributed by atoms with Gasteiger partial charge in [-0.05, 0) is 37.8 Å². The summed E-state index contributed by atoms with van der Waals surface area (Å²) in [7, 11) is 0. The first-order chi connectivity index (χ1) is 15.1. The van der Waals surface area contributed by atoms with Crippen LogP contribution in [0.25, 0.3) is 0 Å². The fourth-order valence-corrected chi connectivity index (χ4v) is 5.91. The monoisotopic (exact) mass is 421 g/mol. The molecular weight excluding hydrogens is 394 g/mol. The van der Waals surface area contributed by atoms with E-state index in [0.29, 0.717) is 5.69 Å². The van der Waals surface area contributed by atoms with Crippen LogP contribution in [-0.4, -0.2) is 47.6 Å². The summed E-state index contributed by atoms with van der Waals surface area (Å²) < 4.78 is 6.34. The lowest BCUT2D eigenvalue weighted by Crippen LogP contribution is -2.56. The van der Waals surface area contributed by atoms with Gasteiger partial charge in [0.1, 0.15) is 11.6 Å². The van der Waals surface area contributed by atoms with Gasteiger partial charge in [0, 0.05) is 17.8 Å². The van der Waals surface area contributed by atoms with E-state index in [1.807, 2.05) is 42.5 Å². The summed E-state index contributed by atoms with van der Waals surface area (Å²) in [5.74, 6) is -1.84. The van der Waals surface area contributed by atoms with Crippen LogP contribution in [0.4, 0.5) is 5.69 Å². The van der Waals surface area contributed by atoms with Crippen molar-refractivity contribution in [2.75, 3.05) is 4.90 Å². The molecule has 31 heavy (non-hydrogen) atoms. The Morgan fingerprint density at radius 1 is 0.968 bits per heavy atom. The second-order valence-electron chi connectivity index (χ2n) is 9.52. The molecule has 0 aromatic heterocycles. The van der Waals surface area contributed by atoms with Gasteiger partial charge >= 0.3 is 0 Å². The van der Waals surface area contributed by atoms with Gasteiger partial charge in [-0.2, -0.15) is 0 Å². The lowest BCUT2D eigenvalue weighted by molar-refractivity contribution is -0.132. The molecule has 5 atom stereocenters. The number of nitrogens with zero attached hydrogens (tertiary/aromatic N) is 1. The van der Waals surface area contributed by atoms with Crippen LogP contribution < -0.4 is 15.5 Å². The summed E-state index contributed by atoms with van der Waals surface area (Å²) in [4.78, 5) is 42.0. The van der Waals surface area contributed by atoms with Gasteiger partial charge in [-0.1, -0.05) is 43.2 Å². The Morgan fingerprint density at radius 2 is 1.65 bits per heavy atom. The first-order valence-electron chi connectivity index (χ1n) is 11.4. The quantitative estimate of drug-likeness (QED) is 0.708. The summed E-state index contributed by atoms with van der Waals surface area (Å²) in [5, 5.41) is 6.21. The van der Waals surface area contributed by atoms with Gasteiger partial charge in [-0.25, -0.2) is 0 Å². The second kappa shape index (κ2) is 6.92. The molecule has 3 heterocycles. The van der Waals surface area contributed by atoms with E-state index < -0.39 is 29.6 Å². The van der Waals surface area contributed by atoms with Crippen molar-refractivity contribution < 1.29 is 19.1 Å². The normalized spacial score (nSPS) is 36.1. The number of ether oxygens (including phenoxy) is 1. The van der Waals surface area contributed by atoms with Gasteiger partial charge in [0.2, 0.25) is 17.7 Å². The summed E-state index contributed by atoms with van der Waals surface area (Å²) in [6.45, 7) is 0. The Kier molecular flexibility index (Phi) is 4.25. The first-order valence-corrected chi connectivity index (χ1v) is 11.4. The first kappa shape index (κ1) is 19.0. The maximum Gasteiger partial charge on any atom is 0.246 e. The van der Waals surface area contributed by atoms with Crippen molar-refractivity contribution in [1.29, 1.82) is 0 Å². The topological polar surface area (TPSA) is 87.7 Å². The Morgan fingerprint density at radius 3 is 2.35 bits per heavy atom. The van der Waals surface area contributed by atoms with E-state index in [0.717, 1.165) is 38.5 Å². The van der Waals surface area contributed by atoms with E-state index in [4.69, 9.17) is 4.74 Å². The highest BCUT2D eigenvalue weighted by Crippen LogP contribution is 2.56. The molecule has 1 spiro atoms. The van der Waals surface area contributed by atoms with Gasteiger partial charge in [0.15, 0.2) is 0 Å². The van der Waals surface area contributed by atoms with Crippen LogP contribution in [0.15, 0.2) is 42.5 Å². The highest BCUT2D eigenvalue weighted by molar-refractivity contribution is 6.10. The van der Waals surface area contributed by atoms with Gasteiger partial charge in [-0.3, -0.25) is 19.3 Å². The highest BCUT2D eigenvalue weighted by atomic mass is 16.5. The van der Waals surface area contributed by atoms with E-state index in [9.17, 15) is 14.4 Å². The maximum absolute atomic E-state index is 13.8. The Hall–Kier alpha value is -2.67. The standard InChI is InChI=1S/C24H27N3O4/c28-21(25-15-10-11-15)18-17-12-13-24(31-17)19(18)23(30)27(16-8-2-1-3-9-16)20(24)22(29)26-14-6-4-5-7-14/h1-3,8-9,12-15,17-20H,4-7,10-11H2,(H,25,28)(H,26,29). The molecule has 7 nitrogen and oxygen atoms in total. The number of para-hydroxylation sites is 1. The van der Waals surface area contributed by atoms with Crippen molar-refractivity contribution in [3.05, 3.63) is 42.5 Å². The van der Waals surface area contributed by atoms with Crippen LogP contribution in [-0.2, 0) is 19.1 Å². The molecule has 5 unspecified atom stereocenters. The predicted molar refractivity (Wildman–Crippen MR) is 113 cm³/mol. The molecule has 1 aromatic carbocycles. The number of amides is 3. The average Bonchev–Trinajstić information content (AvgIpc) is 3.12. The molecule has 3 amide bonds. The molecule has 2 N–H and O–H groups in total. The van der Waals surface area contributed by atoms with E-state index in [-0.39, 0.29) is 29.8 Å². The number of nitrogens with one attached hydrogen (secondary N) is 2. The molecule has 6 rings (SSSR count). The minimum atomic E-state index is -1.11. The molecule has 2 saturated carbocycles.